The Hall–Kier alpha value is -3.72. The Morgan fingerprint density at radius 2 is 2.03 bits per heavy atom. The number of anilines is 2. The molecule has 3 atom stereocenters. The van der Waals surface area contributed by atoms with Crippen molar-refractivity contribution in [2.75, 3.05) is 30.9 Å². The SMILES string of the molecule is C=C1c2cc(Oc3nc4c(c(N5CC6CC5C[C@H]6N)n3)-c3cc(F)cc(NC)c3C4)cnc2CN1C. The van der Waals surface area contributed by atoms with Crippen molar-refractivity contribution in [1.29, 1.82) is 0 Å². The van der Waals surface area contributed by atoms with Crippen LogP contribution in [0.25, 0.3) is 16.8 Å². The van der Waals surface area contributed by atoms with Gasteiger partial charge in [-0.25, -0.2) is 4.39 Å². The monoisotopic (exact) mass is 485 g/mol. The zero-order valence-electron chi connectivity index (χ0n) is 20.4. The number of aromatic nitrogens is 3. The van der Waals surface area contributed by atoms with Crippen LogP contribution in [0.1, 0.15) is 35.4 Å². The van der Waals surface area contributed by atoms with E-state index >= 15 is 0 Å². The van der Waals surface area contributed by atoms with E-state index in [0.717, 1.165) is 76.8 Å². The molecule has 2 aliphatic carbocycles. The van der Waals surface area contributed by atoms with Crippen LogP contribution in [-0.4, -0.2) is 52.6 Å². The number of piperidine rings is 1. The van der Waals surface area contributed by atoms with E-state index < -0.39 is 0 Å². The minimum Gasteiger partial charge on any atom is -0.423 e. The third-order valence-corrected chi connectivity index (χ3v) is 8.22. The van der Waals surface area contributed by atoms with E-state index in [0.29, 0.717) is 24.1 Å². The third kappa shape index (κ3) is 3.12. The smallest absolute Gasteiger partial charge is 0.324 e. The van der Waals surface area contributed by atoms with Gasteiger partial charge in [0.2, 0.25) is 0 Å². The molecule has 0 spiro atoms. The number of benzene rings is 1. The molecule has 1 saturated carbocycles. The minimum atomic E-state index is -0.281. The Bertz CT molecular complexity index is 1440. The molecular weight excluding hydrogens is 457 g/mol. The molecule has 0 amide bonds. The molecular formula is C27H28FN7O. The summed E-state index contributed by atoms with van der Waals surface area (Å²) in [5.41, 5.74) is 13.6. The molecule has 2 bridgehead atoms. The number of nitrogens with two attached hydrogens (primary N) is 1. The van der Waals surface area contributed by atoms with Crippen molar-refractivity contribution in [2.24, 2.45) is 11.7 Å². The summed E-state index contributed by atoms with van der Waals surface area (Å²) in [6, 6.07) is 5.90. The Labute approximate surface area is 209 Å². The first kappa shape index (κ1) is 21.6. The van der Waals surface area contributed by atoms with E-state index in [-0.39, 0.29) is 17.9 Å². The molecule has 2 fully saturated rings. The average Bonchev–Trinajstić information content (AvgIpc) is 3.60. The zero-order chi connectivity index (χ0) is 24.7. The standard InChI is InChI=1S/C27H28FN7O/c1-13-18-8-17(10-31-24(18)12-34(13)3)36-27-32-23-9-19-20(5-15(28)6-22(19)30-2)25(23)26(33-27)35-11-14-4-16(35)7-21(14)29/h5-6,8,10,14,16,21,30H,1,4,7,9,11-12,29H2,2-3H3/t14?,16?,21-/m1/s1. The highest BCUT2D eigenvalue weighted by Crippen LogP contribution is 2.49. The second kappa shape index (κ2) is 7.64. The molecule has 9 heteroatoms. The van der Waals surface area contributed by atoms with Gasteiger partial charge in [0, 0.05) is 61.7 Å². The highest BCUT2D eigenvalue weighted by Gasteiger charge is 2.45. The van der Waals surface area contributed by atoms with Gasteiger partial charge in [0.15, 0.2) is 0 Å². The van der Waals surface area contributed by atoms with Crippen LogP contribution in [0.3, 0.4) is 0 Å². The van der Waals surface area contributed by atoms with Crippen molar-refractivity contribution in [1.82, 2.24) is 19.9 Å². The fourth-order valence-corrected chi connectivity index (χ4v) is 6.36. The lowest BCUT2D eigenvalue weighted by molar-refractivity contribution is 0.434. The van der Waals surface area contributed by atoms with E-state index in [4.69, 9.17) is 20.4 Å². The summed E-state index contributed by atoms with van der Waals surface area (Å²) in [7, 11) is 3.81. The molecule has 2 unspecified atom stereocenters. The van der Waals surface area contributed by atoms with E-state index in [1.165, 1.54) is 6.07 Å². The molecule has 0 radical (unpaired) electrons. The van der Waals surface area contributed by atoms with Crippen molar-refractivity contribution in [2.45, 2.75) is 37.9 Å². The van der Waals surface area contributed by atoms with E-state index in [2.05, 4.69) is 26.7 Å². The highest BCUT2D eigenvalue weighted by molar-refractivity contribution is 5.88. The van der Waals surface area contributed by atoms with Crippen LogP contribution in [0.4, 0.5) is 15.9 Å². The number of rotatable bonds is 4. The minimum absolute atomic E-state index is 0.223. The summed E-state index contributed by atoms with van der Waals surface area (Å²) < 4.78 is 20.8. The van der Waals surface area contributed by atoms with Crippen molar-refractivity contribution in [3.05, 3.63) is 59.3 Å². The van der Waals surface area contributed by atoms with Gasteiger partial charge < -0.3 is 25.6 Å². The molecule has 2 aromatic heterocycles. The molecule has 3 N–H and O–H groups in total. The van der Waals surface area contributed by atoms with Crippen LogP contribution >= 0.6 is 0 Å². The summed E-state index contributed by atoms with van der Waals surface area (Å²) in [4.78, 5) is 18.7. The summed E-state index contributed by atoms with van der Waals surface area (Å²) in [5.74, 6) is 1.53. The number of pyridine rings is 1. The van der Waals surface area contributed by atoms with Gasteiger partial charge in [0.1, 0.15) is 17.4 Å². The largest absolute Gasteiger partial charge is 0.423 e. The molecule has 1 saturated heterocycles. The van der Waals surface area contributed by atoms with Gasteiger partial charge >= 0.3 is 6.01 Å². The van der Waals surface area contributed by atoms with E-state index in [1.54, 1.807) is 12.3 Å². The summed E-state index contributed by atoms with van der Waals surface area (Å²) >= 11 is 0. The number of hydrogen-bond acceptors (Lipinski definition) is 8. The van der Waals surface area contributed by atoms with Gasteiger partial charge in [-0.15, -0.1) is 0 Å². The Morgan fingerprint density at radius 3 is 2.78 bits per heavy atom. The molecule has 2 aliphatic heterocycles. The molecule has 7 rings (SSSR count). The summed E-state index contributed by atoms with van der Waals surface area (Å²) in [6.45, 7) is 5.73. The number of nitrogens with zero attached hydrogens (tertiary/aromatic N) is 5. The topological polar surface area (TPSA) is 92.4 Å². The van der Waals surface area contributed by atoms with Crippen LogP contribution in [0.15, 0.2) is 31.0 Å². The normalized spacial score (nSPS) is 23.2. The van der Waals surface area contributed by atoms with Crippen LogP contribution in [0.5, 0.6) is 11.8 Å². The lowest BCUT2D eigenvalue weighted by atomic mass is 10.0. The number of halogens is 1. The van der Waals surface area contributed by atoms with Gasteiger partial charge in [-0.05, 0) is 48.1 Å². The fourth-order valence-electron chi connectivity index (χ4n) is 6.36. The van der Waals surface area contributed by atoms with Crippen LogP contribution in [0.2, 0.25) is 0 Å². The predicted octanol–water partition coefficient (Wildman–Crippen LogP) is 3.76. The van der Waals surface area contributed by atoms with E-state index in [9.17, 15) is 4.39 Å². The first-order valence-electron chi connectivity index (χ1n) is 12.4. The average molecular weight is 486 g/mol. The molecule has 1 aromatic carbocycles. The van der Waals surface area contributed by atoms with Gasteiger partial charge in [0.25, 0.3) is 0 Å². The molecule has 8 nitrogen and oxygen atoms in total. The van der Waals surface area contributed by atoms with Crippen LogP contribution in [-0.2, 0) is 13.0 Å². The maximum absolute atomic E-state index is 14.6. The van der Waals surface area contributed by atoms with Crippen molar-refractivity contribution >= 4 is 17.2 Å². The summed E-state index contributed by atoms with van der Waals surface area (Å²) in [5, 5.41) is 3.14. The lowest BCUT2D eigenvalue weighted by Crippen LogP contribution is -2.41. The third-order valence-electron chi connectivity index (χ3n) is 8.22. The van der Waals surface area contributed by atoms with Crippen molar-refractivity contribution in [3.8, 4) is 22.9 Å². The Kier molecular flexibility index (Phi) is 4.57. The van der Waals surface area contributed by atoms with Gasteiger partial charge in [-0.1, -0.05) is 6.58 Å². The maximum atomic E-state index is 14.6. The Balaban J connectivity index is 1.32. The van der Waals surface area contributed by atoms with Crippen molar-refractivity contribution < 1.29 is 9.13 Å². The van der Waals surface area contributed by atoms with E-state index in [1.807, 2.05) is 20.2 Å². The zero-order valence-corrected chi connectivity index (χ0v) is 20.4. The maximum Gasteiger partial charge on any atom is 0.324 e. The molecule has 4 aliphatic rings. The fraction of sp³-hybridized carbons (Fsp3) is 0.370. The molecule has 4 heterocycles. The highest BCUT2D eigenvalue weighted by atomic mass is 19.1. The first-order valence-corrected chi connectivity index (χ1v) is 12.4. The second-order valence-corrected chi connectivity index (χ2v) is 10.3. The van der Waals surface area contributed by atoms with Gasteiger partial charge in [0.05, 0.1) is 24.1 Å². The molecule has 36 heavy (non-hydrogen) atoms. The Morgan fingerprint density at radius 1 is 1.17 bits per heavy atom. The van der Waals surface area contributed by atoms with Gasteiger partial charge in [-0.2, -0.15) is 9.97 Å². The quantitative estimate of drug-likeness (QED) is 0.452. The first-order chi connectivity index (χ1) is 17.4. The lowest BCUT2D eigenvalue weighted by Gasteiger charge is -2.32. The van der Waals surface area contributed by atoms with Crippen LogP contribution < -0.4 is 20.7 Å². The second-order valence-electron chi connectivity index (χ2n) is 10.3. The van der Waals surface area contributed by atoms with Crippen LogP contribution in [0, 0.1) is 11.7 Å². The molecule has 184 valence electrons. The van der Waals surface area contributed by atoms with Gasteiger partial charge in [-0.3, -0.25) is 4.98 Å². The predicted molar refractivity (Wildman–Crippen MR) is 136 cm³/mol. The van der Waals surface area contributed by atoms with Crippen molar-refractivity contribution in [3.63, 3.8) is 0 Å². The summed E-state index contributed by atoms with van der Waals surface area (Å²) in [6.07, 6.45) is 4.28. The number of nitrogens with one attached hydrogen (secondary N) is 1. The number of ether oxygens (including phenoxy) is 1. The molecule has 3 aromatic rings. The number of hydrogen-bond donors (Lipinski definition) is 2. The number of fused-ring (bicyclic) bond motifs is 6.